The predicted molar refractivity (Wildman–Crippen MR) is 49.2 cm³/mol. The normalized spacial score (nSPS) is 13.0. The number of Topliss-reactive ketones (excluding diaryl/α,β-unsaturated/α-hetero) is 1. The van der Waals surface area contributed by atoms with Crippen LogP contribution in [-0.2, 0) is 19.7 Å². The van der Waals surface area contributed by atoms with Crippen LogP contribution in [0.2, 0.25) is 0 Å². The zero-order valence-corrected chi connectivity index (χ0v) is 8.37. The van der Waals surface area contributed by atoms with Crippen molar-refractivity contribution in [3.63, 3.8) is 0 Å². The summed E-state index contributed by atoms with van der Waals surface area (Å²) in [6, 6.07) is 0. The van der Waals surface area contributed by atoms with Gasteiger partial charge in [0, 0.05) is 6.54 Å². The van der Waals surface area contributed by atoms with Gasteiger partial charge in [0.25, 0.3) is 10.1 Å². The molecule has 7 heteroatoms. The highest BCUT2D eigenvalue weighted by molar-refractivity contribution is 7.87. The molecule has 0 aliphatic carbocycles. The molecule has 0 saturated carbocycles. The third-order valence-electron chi connectivity index (χ3n) is 1.46. The molecular formula is C7H11NO5S. The summed E-state index contributed by atoms with van der Waals surface area (Å²) < 4.78 is 29.9. The Kier molecular flexibility index (Phi) is 4.45. The summed E-state index contributed by atoms with van der Waals surface area (Å²) in [5, 5.41) is 0.484. The molecule has 0 aromatic carbocycles. The molecule has 0 spiro atoms. The first-order valence-corrected chi connectivity index (χ1v) is 5.16. The Labute approximate surface area is 81.7 Å². The number of hydrogen-bond donors (Lipinski definition) is 2. The third-order valence-corrected chi connectivity index (χ3v) is 2.68. The molecule has 6 nitrogen and oxygen atoms in total. The summed E-state index contributed by atoms with van der Waals surface area (Å²) in [4.78, 5) is 21.4. The van der Waals surface area contributed by atoms with Crippen LogP contribution in [0.1, 0.15) is 6.92 Å². The number of carbonyl (C=O) groups excluding carboxylic acids is 2. The topological polar surface area (TPSA) is 101 Å². The Morgan fingerprint density at radius 3 is 2.36 bits per heavy atom. The van der Waals surface area contributed by atoms with E-state index < -0.39 is 33.6 Å². The molecule has 0 aliphatic rings. The van der Waals surface area contributed by atoms with E-state index in [1.54, 1.807) is 0 Å². The minimum Gasteiger partial charge on any atom is -0.351 e. The second-order valence-corrected chi connectivity index (χ2v) is 4.16. The molecule has 0 fully saturated rings. The predicted octanol–water partition coefficient (Wildman–Crippen LogP) is -0.866. The van der Waals surface area contributed by atoms with E-state index in [0.717, 1.165) is 13.0 Å². The van der Waals surface area contributed by atoms with Crippen molar-refractivity contribution in [3.8, 4) is 0 Å². The number of nitrogens with one attached hydrogen (secondary N) is 1. The molecule has 0 bridgehead atoms. The van der Waals surface area contributed by atoms with Crippen molar-refractivity contribution >= 4 is 21.8 Å². The summed E-state index contributed by atoms with van der Waals surface area (Å²) in [5.41, 5.74) is 0. The zero-order valence-electron chi connectivity index (χ0n) is 7.56. The second kappa shape index (κ2) is 4.87. The fraction of sp³-hybridized carbons (Fsp3) is 0.429. The summed E-state index contributed by atoms with van der Waals surface area (Å²) in [7, 11) is -4.47. The second-order valence-electron chi connectivity index (χ2n) is 2.56. The monoisotopic (exact) mass is 221 g/mol. The maximum atomic E-state index is 10.8. The van der Waals surface area contributed by atoms with Crippen LogP contribution in [0, 0.1) is 0 Å². The van der Waals surface area contributed by atoms with Gasteiger partial charge in [-0.1, -0.05) is 6.58 Å². The first-order valence-electron chi connectivity index (χ1n) is 3.66. The molecule has 0 saturated heterocycles. The smallest absolute Gasteiger partial charge is 0.276 e. The lowest BCUT2D eigenvalue weighted by molar-refractivity contribution is -0.117. The van der Waals surface area contributed by atoms with Crippen molar-refractivity contribution in [2.24, 2.45) is 0 Å². The average molecular weight is 221 g/mol. The van der Waals surface area contributed by atoms with Gasteiger partial charge in [0.05, 0.1) is 0 Å². The van der Waals surface area contributed by atoms with E-state index >= 15 is 0 Å². The molecule has 0 aromatic rings. The lowest BCUT2D eigenvalue weighted by Gasteiger charge is -2.10. The first-order chi connectivity index (χ1) is 6.29. The van der Waals surface area contributed by atoms with Crippen LogP contribution >= 0.6 is 0 Å². The highest BCUT2D eigenvalue weighted by Crippen LogP contribution is 1.98. The Balaban J connectivity index is 4.50. The van der Waals surface area contributed by atoms with Gasteiger partial charge in [-0.3, -0.25) is 14.1 Å². The summed E-state index contributed by atoms with van der Waals surface area (Å²) in [6.45, 7) is 3.69. The van der Waals surface area contributed by atoms with Crippen LogP contribution in [0.15, 0.2) is 12.7 Å². The zero-order chi connectivity index (χ0) is 11.4. The maximum Gasteiger partial charge on any atom is 0.276 e. The van der Waals surface area contributed by atoms with E-state index in [2.05, 4.69) is 11.9 Å². The van der Waals surface area contributed by atoms with Gasteiger partial charge in [0.1, 0.15) is 0 Å². The SMILES string of the molecule is C=CC(=O)NCC(C(C)=O)S(=O)(=O)O. The van der Waals surface area contributed by atoms with Gasteiger partial charge in [-0.05, 0) is 13.0 Å². The molecule has 0 radical (unpaired) electrons. The van der Waals surface area contributed by atoms with Crippen LogP contribution in [0.3, 0.4) is 0 Å². The number of hydrogen-bond acceptors (Lipinski definition) is 4. The van der Waals surface area contributed by atoms with Gasteiger partial charge in [0.15, 0.2) is 11.0 Å². The van der Waals surface area contributed by atoms with Crippen LogP contribution < -0.4 is 5.32 Å². The fourth-order valence-electron chi connectivity index (χ4n) is 0.724. The van der Waals surface area contributed by atoms with E-state index in [0.29, 0.717) is 0 Å². The maximum absolute atomic E-state index is 10.8. The molecule has 1 atom stereocenters. The van der Waals surface area contributed by atoms with Crippen molar-refractivity contribution in [1.82, 2.24) is 5.32 Å². The highest BCUT2D eigenvalue weighted by atomic mass is 32.2. The number of carbonyl (C=O) groups is 2. The number of rotatable bonds is 5. The van der Waals surface area contributed by atoms with Gasteiger partial charge >= 0.3 is 0 Å². The van der Waals surface area contributed by atoms with Crippen molar-refractivity contribution in [2.75, 3.05) is 6.54 Å². The minimum atomic E-state index is -4.47. The minimum absolute atomic E-state index is 0.459. The van der Waals surface area contributed by atoms with Gasteiger partial charge in [-0.15, -0.1) is 0 Å². The Morgan fingerprint density at radius 1 is 1.57 bits per heavy atom. The van der Waals surface area contributed by atoms with E-state index in [-0.39, 0.29) is 0 Å². The van der Waals surface area contributed by atoms with Gasteiger partial charge in [-0.2, -0.15) is 8.42 Å². The standard InChI is InChI=1S/C7H11NO5S/c1-3-7(10)8-4-6(5(2)9)14(11,12)13/h3,6H,1,4H2,2H3,(H,8,10)(H,11,12,13). The van der Waals surface area contributed by atoms with Gasteiger partial charge < -0.3 is 5.32 Å². The van der Waals surface area contributed by atoms with Crippen LogP contribution in [0.25, 0.3) is 0 Å². The van der Waals surface area contributed by atoms with Crippen LogP contribution in [0.4, 0.5) is 0 Å². The summed E-state index contributed by atoms with van der Waals surface area (Å²) in [6.07, 6.45) is 0.932. The average Bonchev–Trinajstić information content (AvgIpc) is 2.01. The number of ketones is 1. The van der Waals surface area contributed by atoms with Gasteiger partial charge in [0.2, 0.25) is 5.91 Å². The molecule has 0 aromatic heterocycles. The van der Waals surface area contributed by atoms with E-state index in [4.69, 9.17) is 4.55 Å². The molecule has 2 N–H and O–H groups in total. The third kappa shape index (κ3) is 4.15. The lowest BCUT2D eigenvalue weighted by Crippen LogP contribution is -2.40. The largest absolute Gasteiger partial charge is 0.351 e. The van der Waals surface area contributed by atoms with Crippen molar-refractivity contribution in [1.29, 1.82) is 0 Å². The Hall–Kier alpha value is -1.21. The molecular weight excluding hydrogens is 210 g/mol. The van der Waals surface area contributed by atoms with Crippen molar-refractivity contribution in [3.05, 3.63) is 12.7 Å². The molecule has 14 heavy (non-hydrogen) atoms. The van der Waals surface area contributed by atoms with Crippen molar-refractivity contribution in [2.45, 2.75) is 12.2 Å². The molecule has 1 amide bonds. The quantitative estimate of drug-likeness (QED) is 0.464. The highest BCUT2D eigenvalue weighted by Gasteiger charge is 2.27. The molecule has 1 unspecified atom stereocenters. The molecule has 0 heterocycles. The van der Waals surface area contributed by atoms with Gasteiger partial charge in [-0.25, -0.2) is 0 Å². The first kappa shape index (κ1) is 12.8. The van der Waals surface area contributed by atoms with E-state index in [9.17, 15) is 18.0 Å². The molecule has 0 aliphatic heterocycles. The van der Waals surface area contributed by atoms with E-state index in [1.165, 1.54) is 0 Å². The number of amides is 1. The van der Waals surface area contributed by atoms with E-state index in [1.807, 2.05) is 0 Å². The van der Waals surface area contributed by atoms with Crippen LogP contribution in [0.5, 0.6) is 0 Å². The molecule has 80 valence electrons. The molecule has 0 rings (SSSR count). The summed E-state index contributed by atoms with van der Waals surface area (Å²) >= 11 is 0. The Morgan fingerprint density at radius 2 is 2.07 bits per heavy atom. The Bertz CT molecular complexity index is 345. The van der Waals surface area contributed by atoms with Crippen molar-refractivity contribution < 1.29 is 22.6 Å². The summed E-state index contributed by atoms with van der Waals surface area (Å²) in [5.74, 6) is -1.35. The lowest BCUT2D eigenvalue weighted by atomic mass is 10.3. The fourth-order valence-corrected chi connectivity index (χ4v) is 1.44. The van der Waals surface area contributed by atoms with Crippen LogP contribution in [-0.4, -0.2) is 36.5 Å².